The monoisotopic (exact) mass is 224 g/mol. The van der Waals surface area contributed by atoms with E-state index in [1.165, 1.54) is 12.1 Å². The molecule has 16 heavy (non-hydrogen) atoms. The van der Waals surface area contributed by atoms with Crippen LogP contribution in [0.3, 0.4) is 0 Å². The summed E-state index contributed by atoms with van der Waals surface area (Å²) in [6.45, 7) is 5.13. The molecule has 3 nitrogen and oxygen atoms in total. The number of anilines is 1. The number of ether oxygens (including phenoxy) is 1. The van der Waals surface area contributed by atoms with E-state index in [0.29, 0.717) is 18.3 Å². The maximum absolute atomic E-state index is 13.1. The molecule has 1 atom stereocenters. The molecular formula is C12H17FN2O. The number of hydrogen-bond acceptors (Lipinski definition) is 3. The second-order valence-electron chi connectivity index (χ2n) is 4.24. The Morgan fingerprint density at radius 1 is 1.56 bits per heavy atom. The van der Waals surface area contributed by atoms with Gasteiger partial charge in [0.1, 0.15) is 5.82 Å². The van der Waals surface area contributed by atoms with Crippen LogP contribution < -0.4 is 5.73 Å². The molecule has 0 amide bonds. The molecule has 0 bridgehead atoms. The lowest BCUT2D eigenvalue weighted by atomic mass is 10.1. The van der Waals surface area contributed by atoms with E-state index in [1.807, 2.05) is 0 Å². The first-order valence-corrected chi connectivity index (χ1v) is 5.52. The molecule has 2 rings (SSSR count). The normalized spacial score (nSPS) is 22.2. The van der Waals surface area contributed by atoms with E-state index in [-0.39, 0.29) is 5.82 Å². The zero-order valence-corrected chi connectivity index (χ0v) is 9.45. The summed E-state index contributed by atoms with van der Waals surface area (Å²) in [6, 6.07) is 4.88. The molecule has 0 radical (unpaired) electrons. The van der Waals surface area contributed by atoms with E-state index >= 15 is 0 Å². The van der Waals surface area contributed by atoms with Crippen molar-refractivity contribution in [3.63, 3.8) is 0 Å². The maximum atomic E-state index is 13.1. The van der Waals surface area contributed by atoms with E-state index in [4.69, 9.17) is 10.5 Å². The van der Waals surface area contributed by atoms with Crippen molar-refractivity contribution in [2.45, 2.75) is 19.5 Å². The smallest absolute Gasteiger partial charge is 0.123 e. The molecule has 1 aromatic rings. The fraction of sp³-hybridized carbons (Fsp3) is 0.500. The first-order chi connectivity index (χ1) is 7.66. The molecule has 0 aliphatic carbocycles. The molecule has 1 heterocycles. The van der Waals surface area contributed by atoms with Crippen molar-refractivity contribution < 1.29 is 9.13 Å². The molecule has 1 fully saturated rings. The van der Waals surface area contributed by atoms with Gasteiger partial charge in [0.05, 0.1) is 13.2 Å². The number of nitrogens with two attached hydrogens (primary N) is 1. The van der Waals surface area contributed by atoms with E-state index in [9.17, 15) is 4.39 Å². The van der Waals surface area contributed by atoms with Crippen LogP contribution >= 0.6 is 0 Å². The molecule has 0 spiro atoms. The van der Waals surface area contributed by atoms with Crippen LogP contribution in [0, 0.1) is 5.82 Å². The van der Waals surface area contributed by atoms with Crippen molar-refractivity contribution >= 4 is 5.69 Å². The Balaban J connectivity index is 2.10. The average molecular weight is 224 g/mol. The highest BCUT2D eigenvalue weighted by Gasteiger charge is 2.19. The minimum absolute atomic E-state index is 0.231. The Morgan fingerprint density at radius 3 is 3.12 bits per heavy atom. The van der Waals surface area contributed by atoms with Crippen LogP contribution in [0.1, 0.15) is 12.5 Å². The zero-order chi connectivity index (χ0) is 11.5. The lowest BCUT2D eigenvalue weighted by Gasteiger charge is -2.33. The van der Waals surface area contributed by atoms with Crippen molar-refractivity contribution in [1.29, 1.82) is 0 Å². The van der Waals surface area contributed by atoms with E-state index in [0.717, 1.165) is 25.3 Å². The number of hydrogen-bond donors (Lipinski definition) is 1. The van der Waals surface area contributed by atoms with Gasteiger partial charge in [-0.3, -0.25) is 4.90 Å². The number of nitrogen functional groups attached to an aromatic ring is 1. The van der Waals surface area contributed by atoms with Gasteiger partial charge in [-0.2, -0.15) is 0 Å². The van der Waals surface area contributed by atoms with Crippen molar-refractivity contribution in [3.05, 3.63) is 29.6 Å². The third-order valence-electron chi connectivity index (χ3n) is 2.98. The van der Waals surface area contributed by atoms with E-state index < -0.39 is 0 Å². The first-order valence-electron chi connectivity index (χ1n) is 5.52. The number of nitrogens with zero attached hydrogens (tertiary/aromatic N) is 1. The average Bonchev–Trinajstić information content (AvgIpc) is 2.27. The maximum Gasteiger partial charge on any atom is 0.123 e. The minimum Gasteiger partial charge on any atom is -0.398 e. The van der Waals surface area contributed by atoms with Gasteiger partial charge in [-0.15, -0.1) is 0 Å². The number of halogens is 1. The van der Waals surface area contributed by atoms with Gasteiger partial charge in [-0.05, 0) is 30.7 Å². The van der Waals surface area contributed by atoms with Gasteiger partial charge in [0, 0.05) is 24.8 Å². The molecule has 1 saturated heterocycles. The van der Waals surface area contributed by atoms with Crippen molar-refractivity contribution in [2.75, 3.05) is 25.5 Å². The van der Waals surface area contributed by atoms with Gasteiger partial charge in [0.2, 0.25) is 0 Å². The van der Waals surface area contributed by atoms with Gasteiger partial charge < -0.3 is 10.5 Å². The standard InChI is InChI=1S/C12H17FN2O/c1-9-8-16-5-4-15(9)7-10-6-11(13)2-3-12(10)14/h2-3,6,9H,4-5,7-8,14H2,1H3. The summed E-state index contributed by atoms with van der Waals surface area (Å²) in [4.78, 5) is 2.26. The molecule has 88 valence electrons. The number of morpholine rings is 1. The van der Waals surface area contributed by atoms with Crippen LogP contribution in [0.15, 0.2) is 18.2 Å². The predicted octanol–water partition coefficient (Wildman–Crippen LogP) is 1.63. The summed E-state index contributed by atoms with van der Waals surface area (Å²) in [7, 11) is 0. The zero-order valence-electron chi connectivity index (χ0n) is 9.45. The van der Waals surface area contributed by atoms with Crippen LogP contribution in [0.4, 0.5) is 10.1 Å². The molecular weight excluding hydrogens is 207 g/mol. The number of rotatable bonds is 2. The minimum atomic E-state index is -0.231. The summed E-state index contributed by atoms with van der Waals surface area (Å²) in [5, 5.41) is 0. The third-order valence-corrected chi connectivity index (χ3v) is 2.98. The predicted molar refractivity (Wildman–Crippen MR) is 61.5 cm³/mol. The second kappa shape index (κ2) is 4.80. The Hall–Kier alpha value is -1.13. The lowest BCUT2D eigenvalue weighted by Crippen LogP contribution is -2.43. The Morgan fingerprint density at radius 2 is 2.38 bits per heavy atom. The van der Waals surface area contributed by atoms with Gasteiger partial charge >= 0.3 is 0 Å². The van der Waals surface area contributed by atoms with Gasteiger partial charge in [-0.1, -0.05) is 0 Å². The number of benzene rings is 1. The molecule has 1 unspecified atom stereocenters. The SMILES string of the molecule is CC1COCCN1Cc1cc(F)ccc1N. The van der Waals surface area contributed by atoms with Crippen LogP contribution in [0.2, 0.25) is 0 Å². The fourth-order valence-electron chi connectivity index (χ4n) is 1.93. The Kier molecular flexibility index (Phi) is 3.41. The van der Waals surface area contributed by atoms with E-state index in [1.54, 1.807) is 6.07 Å². The topological polar surface area (TPSA) is 38.5 Å². The molecule has 2 N–H and O–H groups in total. The highest BCUT2D eigenvalue weighted by molar-refractivity contribution is 5.46. The van der Waals surface area contributed by atoms with Gasteiger partial charge in [0.15, 0.2) is 0 Å². The van der Waals surface area contributed by atoms with Crippen LogP contribution in [-0.4, -0.2) is 30.7 Å². The van der Waals surface area contributed by atoms with Gasteiger partial charge in [-0.25, -0.2) is 4.39 Å². The molecule has 1 aromatic carbocycles. The fourth-order valence-corrected chi connectivity index (χ4v) is 1.93. The Labute approximate surface area is 95.0 Å². The molecule has 4 heteroatoms. The van der Waals surface area contributed by atoms with Crippen molar-refractivity contribution in [2.24, 2.45) is 0 Å². The highest BCUT2D eigenvalue weighted by Crippen LogP contribution is 2.18. The molecule has 1 aliphatic heterocycles. The second-order valence-corrected chi connectivity index (χ2v) is 4.24. The summed E-state index contributed by atoms with van der Waals surface area (Å²) < 4.78 is 18.5. The largest absolute Gasteiger partial charge is 0.398 e. The van der Waals surface area contributed by atoms with Crippen LogP contribution in [0.5, 0.6) is 0 Å². The van der Waals surface area contributed by atoms with E-state index in [2.05, 4.69) is 11.8 Å². The summed E-state index contributed by atoms with van der Waals surface area (Å²) >= 11 is 0. The Bertz CT molecular complexity index is 370. The van der Waals surface area contributed by atoms with Crippen LogP contribution in [-0.2, 0) is 11.3 Å². The lowest BCUT2D eigenvalue weighted by molar-refractivity contribution is -0.00430. The molecule has 0 saturated carbocycles. The quantitative estimate of drug-likeness (QED) is 0.776. The van der Waals surface area contributed by atoms with Crippen molar-refractivity contribution in [3.8, 4) is 0 Å². The van der Waals surface area contributed by atoms with Gasteiger partial charge in [0.25, 0.3) is 0 Å². The summed E-state index contributed by atoms with van der Waals surface area (Å²) in [6.07, 6.45) is 0. The summed E-state index contributed by atoms with van der Waals surface area (Å²) in [5.41, 5.74) is 7.34. The van der Waals surface area contributed by atoms with Crippen LogP contribution in [0.25, 0.3) is 0 Å². The molecule has 0 aromatic heterocycles. The molecule has 1 aliphatic rings. The van der Waals surface area contributed by atoms with Crippen molar-refractivity contribution in [1.82, 2.24) is 4.90 Å². The highest BCUT2D eigenvalue weighted by atomic mass is 19.1. The first kappa shape index (κ1) is 11.4. The summed E-state index contributed by atoms with van der Waals surface area (Å²) in [5.74, 6) is -0.231. The third kappa shape index (κ3) is 2.51.